The maximum Gasteiger partial charge on any atom is 0.339 e. The van der Waals surface area contributed by atoms with E-state index in [1.807, 2.05) is 60.7 Å². The van der Waals surface area contributed by atoms with E-state index in [0.717, 1.165) is 5.56 Å². The predicted molar refractivity (Wildman–Crippen MR) is 105 cm³/mol. The number of benzene rings is 2. The number of ether oxygens (including phenoxy) is 4. The number of carbonyl (C=O) groups excluding carboxylic acids is 1. The van der Waals surface area contributed by atoms with E-state index in [1.54, 1.807) is 19.9 Å². The number of esters is 1. The van der Waals surface area contributed by atoms with Gasteiger partial charge in [0.25, 0.3) is 0 Å². The molecule has 5 nitrogen and oxygen atoms in total. The Morgan fingerprint density at radius 1 is 1.07 bits per heavy atom. The molecular formula is C23H23FO5. The van der Waals surface area contributed by atoms with Crippen LogP contribution in [-0.4, -0.2) is 43.0 Å². The van der Waals surface area contributed by atoms with Crippen LogP contribution in [-0.2, 0) is 23.7 Å². The van der Waals surface area contributed by atoms with E-state index in [-0.39, 0.29) is 0 Å². The third kappa shape index (κ3) is 4.24. The minimum absolute atomic E-state index is 0.371. The maximum absolute atomic E-state index is 13.5. The van der Waals surface area contributed by atoms with Gasteiger partial charge in [-0.2, -0.15) is 0 Å². The molecule has 0 radical (unpaired) electrons. The molecule has 2 fully saturated rings. The van der Waals surface area contributed by atoms with Crippen LogP contribution in [0.3, 0.4) is 0 Å². The van der Waals surface area contributed by atoms with E-state index in [4.69, 9.17) is 18.9 Å². The first-order valence-electron chi connectivity index (χ1n) is 9.57. The zero-order valence-electron chi connectivity index (χ0n) is 16.3. The van der Waals surface area contributed by atoms with Crippen LogP contribution in [0.2, 0.25) is 0 Å². The molecule has 2 heterocycles. The molecule has 2 saturated heterocycles. The van der Waals surface area contributed by atoms with Gasteiger partial charge in [0.1, 0.15) is 12.8 Å². The van der Waals surface area contributed by atoms with Gasteiger partial charge in [0, 0.05) is 0 Å². The smallest absolute Gasteiger partial charge is 0.339 e. The fourth-order valence-corrected chi connectivity index (χ4v) is 3.59. The second kappa shape index (κ2) is 8.06. The van der Waals surface area contributed by atoms with Gasteiger partial charge >= 0.3 is 5.97 Å². The van der Waals surface area contributed by atoms with Crippen molar-refractivity contribution in [2.75, 3.05) is 6.67 Å². The van der Waals surface area contributed by atoms with Gasteiger partial charge in [-0.05, 0) is 31.1 Å². The number of halogens is 1. The quantitative estimate of drug-likeness (QED) is 0.433. The van der Waals surface area contributed by atoms with Crippen LogP contribution in [0.5, 0.6) is 0 Å². The average molecular weight is 398 g/mol. The third-order valence-electron chi connectivity index (χ3n) is 4.90. The first kappa shape index (κ1) is 19.8. The predicted octanol–water partition coefficient (Wildman–Crippen LogP) is 3.98. The van der Waals surface area contributed by atoms with Crippen LogP contribution in [0.1, 0.15) is 25.0 Å². The van der Waals surface area contributed by atoms with Crippen molar-refractivity contribution in [2.24, 2.45) is 0 Å². The summed E-state index contributed by atoms with van der Waals surface area (Å²) in [6.45, 7) is 2.67. The van der Waals surface area contributed by atoms with Crippen molar-refractivity contribution in [2.45, 2.75) is 44.2 Å². The molecule has 0 amide bonds. The summed E-state index contributed by atoms with van der Waals surface area (Å²) in [7, 11) is 0. The van der Waals surface area contributed by atoms with Crippen LogP contribution >= 0.6 is 0 Å². The summed E-state index contributed by atoms with van der Waals surface area (Å²) in [6, 6.07) is 18.7. The molecule has 2 aliphatic rings. The number of hydrogen-bond acceptors (Lipinski definition) is 5. The van der Waals surface area contributed by atoms with Gasteiger partial charge in [0.2, 0.25) is 0 Å². The first-order valence-corrected chi connectivity index (χ1v) is 9.57. The molecule has 0 N–H and O–H groups in total. The number of alkyl halides is 1. The summed E-state index contributed by atoms with van der Waals surface area (Å²) in [5, 5.41) is 0. The van der Waals surface area contributed by atoms with Crippen molar-refractivity contribution in [3.05, 3.63) is 71.8 Å². The zero-order valence-corrected chi connectivity index (χ0v) is 16.3. The molecule has 152 valence electrons. The van der Waals surface area contributed by atoms with Gasteiger partial charge in [-0.3, -0.25) is 0 Å². The molecule has 0 spiro atoms. The summed E-state index contributed by atoms with van der Waals surface area (Å²) in [4.78, 5) is 13.2. The van der Waals surface area contributed by atoms with Crippen LogP contribution < -0.4 is 0 Å². The van der Waals surface area contributed by atoms with Crippen LogP contribution in [0.25, 0.3) is 11.6 Å². The Morgan fingerprint density at radius 2 is 1.72 bits per heavy atom. The highest BCUT2D eigenvalue weighted by Gasteiger charge is 2.56. The summed E-state index contributed by atoms with van der Waals surface area (Å²) < 4.78 is 36.3. The third-order valence-corrected chi connectivity index (χ3v) is 4.90. The first-order chi connectivity index (χ1) is 14.0. The minimum atomic E-state index is -0.932. The number of fused-ring (bicyclic) bond motifs is 1. The van der Waals surface area contributed by atoms with E-state index < -0.39 is 43.0 Å². The molecule has 2 aromatic carbocycles. The second-order valence-corrected chi connectivity index (χ2v) is 7.50. The molecule has 0 saturated carbocycles. The summed E-state index contributed by atoms with van der Waals surface area (Å²) in [6.07, 6.45) is -1.52. The van der Waals surface area contributed by atoms with E-state index in [0.29, 0.717) is 11.1 Å². The van der Waals surface area contributed by atoms with Crippen molar-refractivity contribution in [3.63, 3.8) is 0 Å². The lowest BCUT2D eigenvalue weighted by molar-refractivity contribution is -0.219. The second-order valence-electron chi connectivity index (χ2n) is 7.50. The molecule has 4 atom stereocenters. The molecule has 4 rings (SSSR count). The zero-order chi connectivity index (χ0) is 20.4. The monoisotopic (exact) mass is 398 g/mol. The molecule has 29 heavy (non-hydrogen) atoms. The van der Waals surface area contributed by atoms with E-state index in [1.165, 1.54) is 0 Å². The lowest BCUT2D eigenvalue weighted by Crippen LogP contribution is -2.39. The van der Waals surface area contributed by atoms with Gasteiger partial charge in [0.15, 0.2) is 24.3 Å². The Balaban J connectivity index is 1.62. The minimum Gasteiger partial charge on any atom is -0.453 e. The Hall–Kier alpha value is -2.54. The van der Waals surface area contributed by atoms with Crippen LogP contribution in [0.4, 0.5) is 4.39 Å². The van der Waals surface area contributed by atoms with E-state index in [9.17, 15) is 9.18 Å². The highest BCUT2D eigenvalue weighted by Crippen LogP contribution is 2.39. The highest BCUT2D eigenvalue weighted by atomic mass is 19.1. The summed E-state index contributed by atoms with van der Waals surface area (Å²) in [5.74, 6) is -1.45. The SMILES string of the molecule is CC1(C)O[C@H]2O[C@H](CF)[C@H](OC(=O)/C(=C/c3ccccc3)c3ccccc3)[C@H]2O1. The van der Waals surface area contributed by atoms with Gasteiger partial charge < -0.3 is 18.9 Å². The lowest BCUT2D eigenvalue weighted by Gasteiger charge is -2.24. The largest absolute Gasteiger partial charge is 0.453 e. The van der Waals surface area contributed by atoms with Crippen molar-refractivity contribution >= 4 is 17.6 Å². The Bertz CT molecular complexity index is 881. The van der Waals surface area contributed by atoms with Gasteiger partial charge in [-0.15, -0.1) is 0 Å². The number of hydrogen-bond donors (Lipinski definition) is 0. The molecule has 0 bridgehead atoms. The van der Waals surface area contributed by atoms with Gasteiger partial charge in [-0.1, -0.05) is 60.7 Å². The Labute approximate surface area is 169 Å². The Kier molecular flexibility index (Phi) is 5.50. The Morgan fingerprint density at radius 3 is 2.38 bits per heavy atom. The van der Waals surface area contributed by atoms with Gasteiger partial charge in [-0.25, -0.2) is 9.18 Å². The molecule has 0 unspecified atom stereocenters. The molecular weight excluding hydrogens is 375 g/mol. The molecule has 2 aliphatic heterocycles. The van der Waals surface area contributed by atoms with Crippen molar-refractivity contribution in [3.8, 4) is 0 Å². The number of rotatable bonds is 5. The summed E-state index contributed by atoms with van der Waals surface area (Å²) >= 11 is 0. The highest BCUT2D eigenvalue weighted by molar-refractivity contribution is 6.21. The standard InChI is InChI=1S/C23H23FO5/c1-23(2)28-20-19(18(14-24)26-22(20)29-23)27-21(25)17(16-11-7-4-8-12-16)13-15-9-5-3-6-10-15/h3-13,18-20,22H,14H2,1-2H3/b17-13+/t18-,19+,20-,22-/m1/s1. The average Bonchev–Trinajstić information content (AvgIpc) is 3.19. The molecule has 2 aromatic rings. The fraction of sp³-hybridized carbons (Fsp3) is 0.348. The van der Waals surface area contributed by atoms with E-state index in [2.05, 4.69) is 0 Å². The summed E-state index contributed by atoms with van der Waals surface area (Å²) in [5.41, 5.74) is 1.93. The molecule has 0 aromatic heterocycles. The maximum atomic E-state index is 13.5. The van der Waals surface area contributed by atoms with Crippen LogP contribution in [0.15, 0.2) is 60.7 Å². The fourth-order valence-electron chi connectivity index (χ4n) is 3.59. The van der Waals surface area contributed by atoms with E-state index >= 15 is 0 Å². The topological polar surface area (TPSA) is 54.0 Å². The molecule has 6 heteroatoms. The van der Waals surface area contributed by atoms with Crippen LogP contribution in [0, 0.1) is 0 Å². The normalized spacial score (nSPS) is 28.2. The van der Waals surface area contributed by atoms with Crippen molar-refractivity contribution in [1.29, 1.82) is 0 Å². The molecule has 0 aliphatic carbocycles. The lowest BCUT2D eigenvalue weighted by atomic mass is 10.0. The van der Waals surface area contributed by atoms with Crippen molar-refractivity contribution in [1.82, 2.24) is 0 Å². The van der Waals surface area contributed by atoms with Crippen molar-refractivity contribution < 1.29 is 28.1 Å². The number of carbonyl (C=O) groups is 1. The van der Waals surface area contributed by atoms with Gasteiger partial charge in [0.05, 0.1) is 5.57 Å².